The normalized spacial score (nSPS) is 10.3. The van der Waals surface area contributed by atoms with Crippen LogP contribution in [0, 0.1) is 0 Å². The van der Waals surface area contributed by atoms with Crippen LogP contribution < -0.4 is 5.73 Å². The van der Waals surface area contributed by atoms with Gasteiger partial charge in [0.2, 0.25) is 5.78 Å². The molecule has 2 N–H and O–H groups in total. The van der Waals surface area contributed by atoms with E-state index >= 15 is 0 Å². The number of hydrogen-bond donors (Lipinski definition) is 1. The molecule has 14 heavy (non-hydrogen) atoms. The smallest absolute Gasteiger partial charge is 0.289 e. The number of carbonyl (C=O) groups excluding carboxylic acids is 2. The molecule has 1 amide bonds. The van der Waals surface area contributed by atoms with Gasteiger partial charge in [-0.1, -0.05) is 0 Å². The highest BCUT2D eigenvalue weighted by Gasteiger charge is 2.12. The first-order valence-corrected chi connectivity index (χ1v) is 4.88. The number of thiophene rings is 1. The average molecular weight is 205 g/mol. The van der Waals surface area contributed by atoms with Crippen LogP contribution in [-0.2, 0) is 4.79 Å². The van der Waals surface area contributed by atoms with E-state index in [0.717, 1.165) is 10.1 Å². The van der Waals surface area contributed by atoms with E-state index in [1.807, 2.05) is 17.5 Å². The maximum atomic E-state index is 11.2. The maximum Gasteiger partial charge on any atom is 0.289 e. The minimum atomic E-state index is -0.917. The van der Waals surface area contributed by atoms with Gasteiger partial charge in [0.15, 0.2) is 0 Å². The molecule has 70 valence electrons. The Bertz CT molecular complexity index is 516. The Labute approximate surface area is 84.1 Å². The number of Topliss-reactive ketones (excluding diaryl/α,β-unsaturated/α-hetero) is 1. The fourth-order valence-electron chi connectivity index (χ4n) is 1.25. The van der Waals surface area contributed by atoms with Crippen LogP contribution in [-0.4, -0.2) is 11.7 Å². The second kappa shape index (κ2) is 3.23. The van der Waals surface area contributed by atoms with Crippen LogP contribution >= 0.6 is 11.3 Å². The number of fused-ring (bicyclic) bond motifs is 1. The number of rotatable bonds is 2. The zero-order valence-electron chi connectivity index (χ0n) is 7.19. The molecule has 4 heteroatoms. The predicted octanol–water partition coefficient (Wildman–Crippen LogP) is 1.57. The number of hydrogen-bond acceptors (Lipinski definition) is 3. The zero-order valence-corrected chi connectivity index (χ0v) is 8.01. The van der Waals surface area contributed by atoms with Crippen LogP contribution in [0.25, 0.3) is 10.1 Å². The van der Waals surface area contributed by atoms with Crippen LogP contribution in [0.4, 0.5) is 0 Å². The lowest BCUT2D eigenvalue weighted by Gasteiger charge is -1.96. The number of primary amides is 1. The van der Waals surface area contributed by atoms with E-state index in [1.165, 1.54) is 0 Å². The number of carbonyl (C=O) groups is 2. The van der Waals surface area contributed by atoms with E-state index in [1.54, 1.807) is 23.5 Å². The Morgan fingerprint density at radius 1 is 1.21 bits per heavy atom. The first kappa shape index (κ1) is 8.90. The lowest BCUT2D eigenvalue weighted by molar-refractivity contribution is -0.114. The molecule has 0 unspecified atom stereocenters. The molecule has 0 atom stereocenters. The van der Waals surface area contributed by atoms with E-state index in [4.69, 9.17) is 5.73 Å². The number of ketones is 1. The Morgan fingerprint density at radius 2 is 2.00 bits per heavy atom. The fourth-order valence-corrected chi connectivity index (χ4v) is 2.02. The number of benzene rings is 1. The van der Waals surface area contributed by atoms with E-state index in [9.17, 15) is 9.59 Å². The Hall–Kier alpha value is -1.68. The Kier molecular flexibility index (Phi) is 2.05. The van der Waals surface area contributed by atoms with Crippen molar-refractivity contribution < 1.29 is 9.59 Å². The summed E-state index contributed by atoms with van der Waals surface area (Å²) in [7, 11) is 0. The topological polar surface area (TPSA) is 60.2 Å². The SMILES string of the molecule is NC(=O)C(=O)c1ccc2sccc2c1. The molecular formula is C10H7NO2S. The summed E-state index contributed by atoms with van der Waals surface area (Å²) >= 11 is 1.59. The summed E-state index contributed by atoms with van der Waals surface area (Å²) in [5, 5.41) is 2.89. The molecule has 2 rings (SSSR count). The Balaban J connectivity index is 2.54. The van der Waals surface area contributed by atoms with Crippen molar-refractivity contribution in [3.8, 4) is 0 Å². The summed E-state index contributed by atoms with van der Waals surface area (Å²) in [5.41, 5.74) is 5.25. The van der Waals surface area contributed by atoms with E-state index in [2.05, 4.69) is 0 Å². The highest BCUT2D eigenvalue weighted by molar-refractivity contribution is 7.17. The van der Waals surface area contributed by atoms with Gasteiger partial charge in [0.1, 0.15) is 0 Å². The molecule has 2 aromatic rings. The minimum Gasteiger partial charge on any atom is -0.363 e. The summed E-state index contributed by atoms with van der Waals surface area (Å²) in [4.78, 5) is 21.9. The van der Waals surface area contributed by atoms with Crippen molar-refractivity contribution in [1.82, 2.24) is 0 Å². The fraction of sp³-hybridized carbons (Fsp3) is 0. The molecule has 0 aliphatic rings. The standard InChI is InChI=1S/C10H7NO2S/c11-10(13)9(12)7-1-2-8-6(5-7)3-4-14-8/h1-5H,(H2,11,13). The molecule has 1 aromatic heterocycles. The molecule has 1 aromatic carbocycles. The second-order valence-electron chi connectivity index (χ2n) is 2.87. The largest absolute Gasteiger partial charge is 0.363 e. The van der Waals surface area contributed by atoms with Crippen LogP contribution in [0.1, 0.15) is 10.4 Å². The van der Waals surface area contributed by atoms with Crippen molar-refractivity contribution in [2.75, 3.05) is 0 Å². The van der Waals surface area contributed by atoms with Crippen LogP contribution in [0.3, 0.4) is 0 Å². The van der Waals surface area contributed by atoms with Gasteiger partial charge in [-0.05, 0) is 35.0 Å². The zero-order chi connectivity index (χ0) is 10.1. The predicted molar refractivity (Wildman–Crippen MR) is 55.3 cm³/mol. The lowest BCUT2D eigenvalue weighted by atomic mass is 10.1. The quantitative estimate of drug-likeness (QED) is 0.597. The summed E-state index contributed by atoms with van der Waals surface area (Å²) in [6, 6.07) is 7.01. The van der Waals surface area contributed by atoms with Crippen molar-refractivity contribution in [3.63, 3.8) is 0 Å². The van der Waals surface area contributed by atoms with Crippen molar-refractivity contribution in [3.05, 3.63) is 35.2 Å². The molecule has 0 aliphatic heterocycles. The molecular weight excluding hydrogens is 198 g/mol. The summed E-state index contributed by atoms with van der Waals surface area (Å²) in [6.07, 6.45) is 0. The third kappa shape index (κ3) is 1.40. The van der Waals surface area contributed by atoms with Gasteiger partial charge in [0, 0.05) is 10.3 Å². The van der Waals surface area contributed by atoms with Gasteiger partial charge >= 0.3 is 0 Å². The third-order valence-electron chi connectivity index (χ3n) is 1.94. The van der Waals surface area contributed by atoms with Crippen molar-refractivity contribution in [2.45, 2.75) is 0 Å². The molecule has 0 bridgehead atoms. The van der Waals surface area contributed by atoms with Crippen LogP contribution in [0.2, 0.25) is 0 Å². The Morgan fingerprint density at radius 3 is 2.71 bits per heavy atom. The first-order valence-electron chi connectivity index (χ1n) is 4.00. The van der Waals surface area contributed by atoms with Crippen LogP contribution in [0.15, 0.2) is 29.6 Å². The van der Waals surface area contributed by atoms with Gasteiger partial charge in [-0.25, -0.2) is 0 Å². The average Bonchev–Trinajstić information content (AvgIpc) is 2.62. The minimum absolute atomic E-state index is 0.350. The van der Waals surface area contributed by atoms with Gasteiger partial charge in [0.05, 0.1) is 0 Å². The molecule has 1 heterocycles. The van der Waals surface area contributed by atoms with E-state index < -0.39 is 11.7 Å². The molecule has 3 nitrogen and oxygen atoms in total. The highest BCUT2D eigenvalue weighted by Crippen LogP contribution is 2.21. The van der Waals surface area contributed by atoms with E-state index in [-0.39, 0.29) is 0 Å². The van der Waals surface area contributed by atoms with Crippen molar-refractivity contribution in [1.29, 1.82) is 0 Å². The van der Waals surface area contributed by atoms with Gasteiger partial charge in [-0.3, -0.25) is 9.59 Å². The van der Waals surface area contributed by atoms with Crippen molar-refractivity contribution >= 4 is 33.1 Å². The molecule has 0 spiro atoms. The van der Waals surface area contributed by atoms with Gasteiger partial charge < -0.3 is 5.73 Å². The van der Waals surface area contributed by atoms with Gasteiger partial charge in [0.25, 0.3) is 5.91 Å². The second-order valence-corrected chi connectivity index (χ2v) is 3.81. The number of amides is 1. The highest BCUT2D eigenvalue weighted by atomic mass is 32.1. The molecule has 0 saturated heterocycles. The number of nitrogens with two attached hydrogens (primary N) is 1. The molecule has 0 saturated carbocycles. The lowest BCUT2D eigenvalue weighted by Crippen LogP contribution is -2.22. The van der Waals surface area contributed by atoms with Crippen molar-refractivity contribution in [2.24, 2.45) is 5.73 Å². The summed E-state index contributed by atoms with van der Waals surface area (Å²) in [6.45, 7) is 0. The molecule has 0 fully saturated rings. The summed E-state index contributed by atoms with van der Waals surface area (Å²) < 4.78 is 1.09. The first-order chi connectivity index (χ1) is 6.68. The third-order valence-corrected chi connectivity index (χ3v) is 2.84. The van der Waals surface area contributed by atoms with E-state index in [0.29, 0.717) is 5.56 Å². The molecule has 0 radical (unpaired) electrons. The van der Waals surface area contributed by atoms with Gasteiger partial charge in [-0.15, -0.1) is 11.3 Å². The maximum absolute atomic E-state index is 11.2. The summed E-state index contributed by atoms with van der Waals surface area (Å²) in [5.74, 6) is -1.56. The molecule has 0 aliphatic carbocycles. The monoisotopic (exact) mass is 205 g/mol. The van der Waals surface area contributed by atoms with Crippen LogP contribution in [0.5, 0.6) is 0 Å². The van der Waals surface area contributed by atoms with Gasteiger partial charge in [-0.2, -0.15) is 0 Å².